The molecule has 19 heavy (non-hydrogen) atoms. The van der Waals surface area contributed by atoms with Gasteiger partial charge >= 0.3 is 12.0 Å². The molecule has 0 saturated carbocycles. The van der Waals surface area contributed by atoms with Gasteiger partial charge in [0.1, 0.15) is 0 Å². The third-order valence-electron chi connectivity index (χ3n) is 2.90. The Morgan fingerprint density at radius 2 is 2.05 bits per heavy atom. The van der Waals surface area contributed by atoms with Gasteiger partial charge in [-0.15, -0.1) is 0 Å². The van der Waals surface area contributed by atoms with Crippen molar-refractivity contribution in [1.29, 1.82) is 0 Å². The molecule has 0 radical (unpaired) electrons. The van der Waals surface area contributed by atoms with E-state index in [-0.39, 0.29) is 11.6 Å². The normalized spacial score (nSPS) is 18.0. The van der Waals surface area contributed by atoms with Crippen molar-refractivity contribution < 1.29 is 14.7 Å². The maximum Gasteiger partial charge on any atom is 0.335 e. The number of benzene rings is 1. The first kappa shape index (κ1) is 13.7. The summed E-state index contributed by atoms with van der Waals surface area (Å²) in [6.45, 7) is 0.670. The van der Waals surface area contributed by atoms with Crippen molar-refractivity contribution in [2.45, 2.75) is 18.1 Å². The van der Waals surface area contributed by atoms with Crippen LogP contribution in [0.4, 0.5) is 10.5 Å². The summed E-state index contributed by atoms with van der Waals surface area (Å²) in [7, 11) is 0. The molecule has 1 atom stereocenters. The van der Waals surface area contributed by atoms with E-state index < -0.39 is 5.97 Å². The quantitative estimate of drug-likeness (QED) is 0.791. The maximum absolute atomic E-state index is 11.6. The first-order valence-corrected chi connectivity index (χ1v) is 7.20. The second-order valence-corrected chi connectivity index (χ2v) is 5.76. The fraction of sp³-hybridized carbons (Fsp3) is 0.385. The molecule has 0 spiro atoms. The Hall–Kier alpha value is -1.69. The third-order valence-corrected chi connectivity index (χ3v) is 4.30. The molecule has 1 aliphatic heterocycles. The summed E-state index contributed by atoms with van der Waals surface area (Å²) in [6, 6.07) is 5.83. The van der Waals surface area contributed by atoms with Crippen molar-refractivity contribution in [3.8, 4) is 0 Å². The van der Waals surface area contributed by atoms with Gasteiger partial charge in [-0.2, -0.15) is 11.8 Å². The number of hydrogen-bond donors (Lipinski definition) is 3. The van der Waals surface area contributed by atoms with E-state index in [1.165, 1.54) is 24.3 Å². The van der Waals surface area contributed by atoms with E-state index in [4.69, 9.17) is 5.11 Å². The monoisotopic (exact) mass is 280 g/mol. The number of nitrogens with one attached hydrogen (secondary N) is 2. The van der Waals surface area contributed by atoms with E-state index in [2.05, 4.69) is 10.6 Å². The van der Waals surface area contributed by atoms with Crippen molar-refractivity contribution in [2.75, 3.05) is 17.6 Å². The first-order valence-electron chi connectivity index (χ1n) is 6.15. The molecule has 0 aromatic heterocycles. The fourth-order valence-electron chi connectivity index (χ4n) is 1.88. The van der Waals surface area contributed by atoms with E-state index in [1.807, 2.05) is 11.8 Å². The molecular formula is C13H16N2O3S. The van der Waals surface area contributed by atoms with Crippen LogP contribution >= 0.6 is 11.8 Å². The van der Waals surface area contributed by atoms with E-state index in [9.17, 15) is 9.59 Å². The van der Waals surface area contributed by atoms with Gasteiger partial charge in [0.05, 0.1) is 5.56 Å². The number of carbonyl (C=O) groups is 2. The number of anilines is 1. The standard InChI is InChI=1S/C13H16N2O3S/c16-12(17)9-3-5-10(6-4-9)15-13(18)14-8-11-2-1-7-19-11/h3-6,11H,1-2,7-8H2,(H,16,17)(H2,14,15,18). The van der Waals surface area contributed by atoms with Crippen LogP contribution in [0.15, 0.2) is 24.3 Å². The molecule has 1 saturated heterocycles. The Balaban J connectivity index is 1.79. The van der Waals surface area contributed by atoms with Crippen molar-refractivity contribution in [3.63, 3.8) is 0 Å². The van der Waals surface area contributed by atoms with E-state index in [0.29, 0.717) is 17.5 Å². The summed E-state index contributed by atoms with van der Waals surface area (Å²) in [5.74, 6) is 0.194. The largest absolute Gasteiger partial charge is 0.478 e. The molecule has 2 rings (SSSR count). The molecule has 1 fully saturated rings. The second kappa shape index (κ2) is 6.47. The first-order chi connectivity index (χ1) is 9.15. The second-order valence-electron chi connectivity index (χ2n) is 4.35. The molecule has 1 aromatic rings. The zero-order valence-electron chi connectivity index (χ0n) is 10.4. The molecule has 6 heteroatoms. The highest BCUT2D eigenvalue weighted by atomic mass is 32.2. The highest BCUT2D eigenvalue weighted by Crippen LogP contribution is 2.25. The number of urea groups is 1. The van der Waals surface area contributed by atoms with Crippen LogP contribution in [0.1, 0.15) is 23.2 Å². The van der Waals surface area contributed by atoms with Crippen LogP contribution in [-0.2, 0) is 0 Å². The predicted octanol–water partition coefficient (Wildman–Crippen LogP) is 2.40. The number of hydrogen-bond acceptors (Lipinski definition) is 3. The van der Waals surface area contributed by atoms with Crippen LogP contribution in [0.3, 0.4) is 0 Å². The van der Waals surface area contributed by atoms with Crippen molar-refractivity contribution >= 4 is 29.4 Å². The van der Waals surface area contributed by atoms with Gasteiger partial charge in [-0.25, -0.2) is 9.59 Å². The van der Waals surface area contributed by atoms with Crippen LogP contribution in [-0.4, -0.2) is 34.7 Å². The number of amides is 2. The van der Waals surface area contributed by atoms with Crippen molar-refractivity contribution in [1.82, 2.24) is 5.32 Å². The van der Waals surface area contributed by atoms with Gasteiger partial charge in [-0.1, -0.05) is 0 Å². The van der Waals surface area contributed by atoms with E-state index in [0.717, 1.165) is 6.42 Å². The van der Waals surface area contributed by atoms with Crippen LogP contribution in [0.2, 0.25) is 0 Å². The van der Waals surface area contributed by atoms with Gasteiger partial charge in [0.15, 0.2) is 0 Å². The minimum atomic E-state index is -0.978. The Labute approximate surface area is 115 Å². The molecule has 1 aromatic carbocycles. The number of carbonyl (C=O) groups excluding carboxylic acids is 1. The lowest BCUT2D eigenvalue weighted by molar-refractivity contribution is 0.0697. The molecule has 0 bridgehead atoms. The lowest BCUT2D eigenvalue weighted by Gasteiger charge is -2.11. The average molecular weight is 280 g/mol. The number of rotatable bonds is 4. The van der Waals surface area contributed by atoms with Gasteiger partial charge in [0, 0.05) is 17.5 Å². The zero-order chi connectivity index (χ0) is 13.7. The summed E-state index contributed by atoms with van der Waals surface area (Å²) >= 11 is 1.89. The maximum atomic E-state index is 11.6. The zero-order valence-corrected chi connectivity index (χ0v) is 11.2. The SMILES string of the molecule is O=C(NCC1CCCS1)Nc1ccc(C(=O)O)cc1. The average Bonchev–Trinajstić information content (AvgIpc) is 2.90. The van der Waals surface area contributed by atoms with Crippen LogP contribution < -0.4 is 10.6 Å². The minimum Gasteiger partial charge on any atom is -0.478 e. The molecule has 0 aliphatic carbocycles. The van der Waals surface area contributed by atoms with Gasteiger partial charge in [0.2, 0.25) is 0 Å². The Bertz CT molecular complexity index is 455. The van der Waals surface area contributed by atoms with E-state index in [1.54, 1.807) is 12.1 Å². The highest BCUT2D eigenvalue weighted by molar-refractivity contribution is 8.00. The van der Waals surface area contributed by atoms with Crippen LogP contribution in [0.5, 0.6) is 0 Å². The topological polar surface area (TPSA) is 78.4 Å². The van der Waals surface area contributed by atoms with Gasteiger partial charge < -0.3 is 15.7 Å². The third kappa shape index (κ3) is 4.17. The Morgan fingerprint density at radius 3 is 2.63 bits per heavy atom. The molecule has 5 nitrogen and oxygen atoms in total. The van der Waals surface area contributed by atoms with Crippen LogP contribution in [0, 0.1) is 0 Å². The molecule has 1 aliphatic rings. The summed E-state index contributed by atoms with van der Waals surface area (Å²) < 4.78 is 0. The lowest BCUT2D eigenvalue weighted by Crippen LogP contribution is -2.33. The number of thioether (sulfide) groups is 1. The van der Waals surface area contributed by atoms with Crippen molar-refractivity contribution in [3.05, 3.63) is 29.8 Å². The summed E-state index contributed by atoms with van der Waals surface area (Å²) in [5, 5.41) is 14.8. The Kier molecular flexibility index (Phi) is 4.68. The molecule has 1 heterocycles. The van der Waals surface area contributed by atoms with Gasteiger partial charge in [-0.05, 0) is 42.9 Å². The van der Waals surface area contributed by atoms with Crippen molar-refractivity contribution in [2.24, 2.45) is 0 Å². The number of carboxylic acids is 1. The van der Waals surface area contributed by atoms with E-state index >= 15 is 0 Å². The number of aromatic carboxylic acids is 1. The highest BCUT2D eigenvalue weighted by Gasteiger charge is 2.16. The van der Waals surface area contributed by atoms with Crippen LogP contribution in [0.25, 0.3) is 0 Å². The molecule has 102 valence electrons. The fourth-order valence-corrected chi connectivity index (χ4v) is 3.08. The summed E-state index contributed by atoms with van der Waals surface area (Å²) in [6.07, 6.45) is 2.37. The lowest BCUT2D eigenvalue weighted by atomic mass is 10.2. The van der Waals surface area contributed by atoms with Gasteiger partial charge in [0.25, 0.3) is 0 Å². The summed E-state index contributed by atoms with van der Waals surface area (Å²) in [4.78, 5) is 22.3. The minimum absolute atomic E-state index is 0.202. The molecule has 2 amide bonds. The Morgan fingerprint density at radius 1 is 1.32 bits per heavy atom. The predicted molar refractivity (Wildman–Crippen MR) is 75.9 cm³/mol. The molecule has 1 unspecified atom stereocenters. The smallest absolute Gasteiger partial charge is 0.335 e. The van der Waals surface area contributed by atoms with Gasteiger partial charge in [-0.3, -0.25) is 0 Å². The molecular weight excluding hydrogens is 264 g/mol. The summed E-state index contributed by atoms with van der Waals surface area (Å²) in [5.41, 5.74) is 0.787. The molecule has 3 N–H and O–H groups in total. The number of carboxylic acid groups (broad SMARTS) is 1.